The molecule has 0 spiro atoms. The summed E-state index contributed by atoms with van der Waals surface area (Å²) < 4.78 is 1.43. The first-order valence-corrected chi connectivity index (χ1v) is 11.2. The zero-order valence-corrected chi connectivity index (χ0v) is 18.3. The van der Waals surface area contributed by atoms with Crippen LogP contribution in [0.5, 0.6) is 0 Å². The quantitative estimate of drug-likeness (QED) is 0.661. The predicted molar refractivity (Wildman–Crippen MR) is 124 cm³/mol. The zero-order valence-electron chi connectivity index (χ0n) is 18.3. The second-order valence-corrected chi connectivity index (χ2v) is 8.21. The molecule has 3 aromatic rings. The number of hydrogen-bond acceptors (Lipinski definition) is 4. The molecule has 0 radical (unpaired) electrons. The van der Waals surface area contributed by atoms with Crippen LogP contribution in [0.15, 0.2) is 53.3 Å². The van der Waals surface area contributed by atoms with Crippen molar-refractivity contribution >= 4 is 22.4 Å². The molecule has 1 aliphatic heterocycles. The van der Waals surface area contributed by atoms with Gasteiger partial charge in [0.05, 0.1) is 17.0 Å². The van der Waals surface area contributed by atoms with Crippen LogP contribution >= 0.6 is 0 Å². The minimum atomic E-state index is -0.464. The maximum Gasteiger partial charge on any atom is 0.274 e. The van der Waals surface area contributed by atoms with Crippen molar-refractivity contribution in [2.75, 3.05) is 18.0 Å². The number of aromatic nitrogens is 2. The molecule has 1 aliphatic rings. The number of piperidine rings is 1. The Morgan fingerprint density at radius 1 is 1.06 bits per heavy atom. The normalized spacial score (nSPS) is 15.1. The highest BCUT2D eigenvalue weighted by Gasteiger charge is 2.21. The van der Waals surface area contributed by atoms with Crippen molar-refractivity contribution in [1.29, 1.82) is 0 Å². The predicted octanol–water partition coefficient (Wildman–Crippen LogP) is 3.83. The second kappa shape index (κ2) is 9.33. The van der Waals surface area contributed by atoms with Gasteiger partial charge in [0.2, 0.25) is 5.91 Å². The minimum absolute atomic E-state index is 0.0951. The number of nitrogens with one attached hydrogen (secondary N) is 1. The van der Waals surface area contributed by atoms with Crippen LogP contribution in [0.25, 0.3) is 10.8 Å². The number of carbonyl (C=O) groups excluding carboxylic acids is 1. The summed E-state index contributed by atoms with van der Waals surface area (Å²) in [6, 6.07) is 15.8. The third kappa shape index (κ3) is 4.48. The summed E-state index contributed by atoms with van der Waals surface area (Å²) in [5.74, 6) is -0.559. The number of hydrogen-bond donors (Lipinski definition) is 1. The van der Waals surface area contributed by atoms with Crippen LogP contribution in [-0.4, -0.2) is 28.8 Å². The highest BCUT2D eigenvalue weighted by atomic mass is 16.2. The van der Waals surface area contributed by atoms with Crippen LogP contribution in [0, 0.1) is 0 Å². The Morgan fingerprint density at radius 3 is 2.55 bits per heavy atom. The van der Waals surface area contributed by atoms with E-state index in [2.05, 4.69) is 33.5 Å². The number of aryl methyl sites for hydroxylation is 1. The lowest BCUT2D eigenvalue weighted by Crippen LogP contribution is -2.31. The van der Waals surface area contributed by atoms with Crippen LogP contribution in [0.3, 0.4) is 0 Å². The number of benzene rings is 2. The van der Waals surface area contributed by atoms with Crippen LogP contribution < -0.4 is 15.8 Å². The summed E-state index contributed by atoms with van der Waals surface area (Å²) in [4.78, 5) is 28.0. The van der Waals surface area contributed by atoms with Gasteiger partial charge < -0.3 is 10.2 Å². The number of carbonyl (C=O) groups is 1. The molecule has 1 amide bonds. The molecule has 6 nitrogen and oxygen atoms in total. The van der Waals surface area contributed by atoms with Gasteiger partial charge in [-0.1, -0.05) is 30.3 Å². The Labute approximate surface area is 182 Å². The van der Waals surface area contributed by atoms with Crippen molar-refractivity contribution in [3.63, 3.8) is 0 Å². The van der Waals surface area contributed by atoms with Gasteiger partial charge >= 0.3 is 0 Å². The molecule has 0 saturated carbocycles. The topological polar surface area (TPSA) is 67.2 Å². The third-order valence-electron chi connectivity index (χ3n) is 6.10. The maximum absolute atomic E-state index is 13.0. The highest BCUT2D eigenvalue weighted by molar-refractivity contribution is 5.91. The van der Waals surface area contributed by atoms with E-state index in [0.717, 1.165) is 24.0 Å². The summed E-state index contributed by atoms with van der Waals surface area (Å²) in [7, 11) is 0. The Kier molecular flexibility index (Phi) is 6.35. The molecular weight excluding hydrogens is 388 g/mol. The van der Waals surface area contributed by atoms with E-state index >= 15 is 0 Å². The van der Waals surface area contributed by atoms with E-state index in [1.165, 1.54) is 29.6 Å². The first-order valence-electron chi connectivity index (χ1n) is 11.2. The van der Waals surface area contributed by atoms with Crippen LogP contribution in [-0.2, 0) is 17.9 Å². The van der Waals surface area contributed by atoms with Gasteiger partial charge in [0.25, 0.3) is 5.56 Å². The number of anilines is 1. The summed E-state index contributed by atoms with van der Waals surface area (Å²) in [5, 5.41) is 8.91. The van der Waals surface area contributed by atoms with Gasteiger partial charge in [-0.15, -0.1) is 0 Å². The molecule has 1 fully saturated rings. The van der Waals surface area contributed by atoms with Gasteiger partial charge in [0.1, 0.15) is 0 Å². The molecule has 0 bridgehead atoms. The van der Waals surface area contributed by atoms with E-state index in [1.807, 2.05) is 38.1 Å². The first-order chi connectivity index (χ1) is 15.1. The molecule has 1 atom stereocenters. The highest BCUT2D eigenvalue weighted by Crippen LogP contribution is 2.23. The van der Waals surface area contributed by atoms with Gasteiger partial charge in [0, 0.05) is 37.3 Å². The number of fused-ring (bicyclic) bond motifs is 1. The molecule has 1 N–H and O–H groups in total. The van der Waals surface area contributed by atoms with E-state index < -0.39 is 5.92 Å². The SMILES string of the molecule is CCn1nc([C@H](C)C(=O)NCc2cccc(N3CCCCC3)c2)c2ccccc2c1=O. The van der Waals surface area contributed by atoms with Gasteiger partial charge in [-0.3, -0.25) is 9.59 Å². The summed E-state index contributed by atoms with van der Waals surface area (Å²) in [6.45, 7) is 6.85. The van der Waals surface area contributed by atoms with E-state index in [0.29, 0.717) is 24.2 Å². The standard InChI is InChI=1S/C25H30N4O2/c1-3-29-25(31)22-13-6-5-12-21(22)23(27-29)18(2)24(30)26-17-19-10-9-11-20(16-19)28-14-7-4-8-15-28/h5-6,9-13,16,18H,3-4,7-8,14-15,17H2,1-2H3,(H,26,30)/t18-/m0/s1. The lowest BCUT2D eigenvalue weighted by molar-refractivity contribution is -0.122. The first kappa shape index (κ1) is 21.1. The fourth-order valence-electron chi connectivity index (χ4n) is 4.28. The summed E-state index contributed by atoms with van der Waals surface area (Å²) in [5.41, 5.74) is 2.82. The van der Waals surface area contributed by atoms with Gasteiger partial charge in [-0.2, -0.15) is 5.10 Å². The molecule has 2 heterocycles. The van der Waals surface area contributed by atoms with E-state index in [4.69, 9.17) is 0 Å². The Balaban J connectivity index is 1.51. The van der Waals surface area contributed by atoms with Crippen molar-refractivity contribution < 1.29 is 4.79 Å². The Hall–Kier alpha value is -3.15. The maximum atomic E-state index is 13.0. The largest absolute Gasteiger partial charge is 0.372 e. The van der Waals surface area contributed by atoms with E-state index in [-0.39, 0.29) is 11.5 Å². The molecule has 6 heteroatoms. The minimum Gasteiger partial charge on any atom is -0.372 e. The zero-order chi connectivity index (χ0) is 21.8. The molecule has 31 heavy (non-hydrogen) atoms. The average molecular weight is 419 g/mol. The van der Waals surface area contributed by atoms with Crippen molar-refractivity contribution in [2.24, 2.45) is 0 Å². The fraction of sp³-hybridized carbons (Fsp3) is 0.400. The number of nitrogens with zero attached hydrogens (tertiary/aromatic N) is 3. The van der Waals surface area contributed by atoms with Crippen LogP contribution in [0.1, 0.15) is 50.3 Å². The molecule has 0 unspecified atom stereocenters. The average Bonchev–Trinajstić information content (AvgIpc) is 2.83. The van der Waals surface area contributed by atoms with Gasteiger partial charge in [-0.05, 0) is 56.9 Å². The Morgan fingerprint density at radius 2 is 1.81 bits per heavy atom. The molecule has 1 aromatic heterocycles. The molecule has 1 saturated heterocycles. The molecule has 162 valence electrons. The van der Waals surface area contributed by atoms with E-state index in [1.54, 1.807) is 6.07 Å². The second-order valence-electron chi connectivity index (χ2n) is 8.21. The van der Waals surface area contributed by atoms with Crippen molar-refractivity contribution in [2.45, 2.75) is 52.1 Å². The van der Waals surface area contributed by atoms with E-state index in [9.17, 15) is 9.59 Å². The monoisotopic (exact) mass is 418 g/mol. The number of amides is 1. The summed E-state index contributed by atoms with van der Waals surface area (Å²) >= 11 is 0. The van der Waals surface area contributed by atoms with Crippen molar-refractivity contribution in [3.8, 4) is 0 Å². The molecule has 0 aliphatic carbocycles. The summed E-state index contributed by atoms with van der Waals surface area (Å²) in [6.07, 6.45) is 3.77. The van der Waals surface area contributed by atoms with Gasteiger partial charge in [-0.25, -0.2) is 4.68 Å². The van der Waals surface area contributed by atoms with Crippen molar-refractivity contribution in [3.05, 3.63) is 70.1 Å². The third-order valence-corrected chi connectivity index (χ3v) is 6.10. The van der Waals surface area contributed by atoms with Crippen molar-refractivity contribution in [1.82, 2.24) is 15.1 Å². The lowest BCUT2D eigenvalue weighted by atomic mass is 10.0. The molecule has 2 aromatic carbocycles. The van der Waals surface area contributed by atoms with Crippen LogP contribution in [0.4, 0.5) is 5.69 Å². The molecule has 4 rings (SSSR count). The fourth-order valence-corrected chi connectivity index (χ4v) is 4.28. The molecular formula is C25H30N4O2. The lowest BCUT2D eigenvalue weighted by Gasteiger charge is -2.29. The Bertz CT molecular complexity index is 1130. The van der Waals surface area contributed by atoms with Crippen LogP contribution in [0.2, 0.25) is 0 Å². The smallest absolute Gasteiger partial charge is 0.274 e. The van der Waals surface area contributed by atoms with Gasteiger partial charge in [0.15, 0.2) is 0 Å². The number of rotatable bonds is 6.